The summed E-state index contributed by atoms with van der Waals surface area (Å²) >= 11 is 0. The fraction of sp³-hybridized carbons (Fsp3) is 0.870. The van der Waals surface area contributed by atoms with Gasteiger partial charge in [-0.15, -0.1) is 0 Å². The minimum atomic E-state index is 0.135. The number of hydrogen-bond donors (Lipinski definition) is 1. The summed E-state index contributed by atoms with van der Waals surface area (Å²) in [6.45, 7) is 21.1. The van der Waals surface area contributed by atoms with E-state index < -0.39 is 0 Å². The van der Waals surface area contributed by atoms with Crippen LogP contribution in [0.15, 0.2) is 16.4 Å². The second-order valence-corrected chi connectivity index (χ2v) is 11.7. The van der Waals surface area contributed by atoms with Gasteiger partial charge in [-0.2, -0.15) is 5.10 Å². The van der Waals surface area contributed by atoms with Gasteiger partial charge in [0.1, 0.15) is 0 Å². The zero-order chi connectivity index (χ0) is 19.0. The molecule has 25 heavy (non-hydrogen) atoms. The summed E-state index contributed by atoms with van der Waals surface area (Å²) in [6.07, 6.45) is 7.91. The summed E-state index contributed by atoms with van der Waals surface area (Å²) in [7, 11) is 0. The van der Waals surface area contributed by atoms with E-state index in [2.05, 4.69) is 67.7 Å². The van der Waals surface area contributed by atoms with Crippen molar-refractivity contribution < 1.29 is 0 Å². The van der Waals surface area contributed by atoms with Gasteiger partial charge in [0, 0.05) is 22.4 Å². The first-order valence-corrected chi connectivity index (χ1v) is 10.4. The first-order chi connectivity index (χ1) is 11.3. The van der Waals surface area contributed by atoms with Crippen molar-refractivity contribution in [2.45, 2.75) is 101 Å². The molecule has 0 amide bonds. The molecule has 2 rings (SSSR count). The summed E-state index contributed by atoms with van der Waals surface area (Å²) in [6, 6.07) is 0. The van der Waals surface area contributed by atoms with Gasteiger partial charge in [-0.05, 0) is 42.6 Å². The monoisotopic (exact) mass is 346 g/mol. The molecule has 0 aromatic heterocycles. The lowest BCUT2D eigenvalue weighted by Crippen LogP contribution is -2.40. The topological polar surface area (TPSA) is 24.4 Å². The SMILES string of the molecule is CC(C)(C)CC1CCCC2C(C(C)(C)C)=NNC(C(C)(C)C)=C2CC1. The smallest absolute Gasteiger partial charge is 0.0507 e. The fourth-order valence-corrected chi connectivity index (χ4v) is 4.74. The van der Waals surface area contributed by atoms with Crippen LogP contribution in [0.4, 0.5) is 0 Å². The van der Waals surface area contributed by atoms with Gasteiger partial charge in [0.05, 0.1) is 5.71 Å². The molecular weight excluding hydrogens is 304 g/mol. The minimum Gasteiger partial charge on any atom is -0.282 e. The first kappa shape index (κ1) is 20.5. The Kier molecular flexibility index (Phi) is 5.81. The van der Waals surface area contributed by atoms with Gasteiger partial charge in [-0.1, -0.05) is 75.2 Å². The van der Waals surface area contributed by atoms with Crippen molar-refractivity contribution in [1.82, 2.24) is 5.43 Å². The maximum Gasteiger partial charge on any atom is 0.0507 e. The Morgan fingerprint density at radius 3 is 2.04 bits per heavy atom. The Balaban J connectivity index is 2.32. The second kappa shape index (κ2) is 7.08. The molecule has 0 aromatic carbocycles. The van der Waals surface area contributed by atoms with Gasteiger partial charge in [-0.3, -0.25) is 5.43 Å². The van der Waals surface area contributed by atoms with Crippen LogP contribution in [-0.4, -0.2) is 5.71 Å². The summed E-state index contributed by atoms with van der Waals surface area (Å²) in [5.41, 5.74) is 8.62. The Hall–Kier alpha value is -0.790. The number of nitrogens with one attached hydrogen (secondary N) is 1. The largest absolute Gasteiger partial charge is 0.282 e. The number of hydrazone groups is 1. The highest BCUT2D eigenvalue weighted by molar-refractivity contribution is 5.94. The third-order valence-corrected chi connectivity index (χ3v) is 5.71. The molecule has 1 saturated carbocycles. The molecule has 1 aliphatic carbocycles. The highest BCUT2D eigenvalue weighted by atomic mass is 15.3. The van der Waals surface area contributed by atoms with E-state index in [1.807, 2.05) is 0 Å². The van der Waals surface area contributed by atoms with E-state index in [4.69, 9.17) is 5.10 Å². The van der Waals surface area contributed by atoms with E-state index >= 15 is 0 Å². The van der Waals surface area contributed by atoms with Crippen molar-refractivity contribution in [3.05, 3.63) is 11.3 Å². The Morgan fingerprint density at radius 2 is 1.52 bits per heavy atom. The van der Waals surface area contributed by atoms with Crippen molar-refractivity contribution in [2.75, 3.05) is 0 Å². The van der Waals surface area contributed by atoms with E-state index in [0.29, 0.717) is 11.3 Å². The second-order valence-electron chi connectivity index (χ2n) is 11.7. The van der Waals surface area contributed by atoms with E-state index in [-0.39, 0.29) is 10.8 Å². The lowest BCUT2D eigenvalue weighted by atomic mass is 9.69. The molecule has 2 unspecified atom stereocenters. The van der Waals surface area contributed by atoms with Crippen LogP contribution in [-0.2, 0) is 0 Å². The summed E-state index contributed by atoms with van der Waals surface area (Å²) in [4.78, 5) is 0. The van der Waals surface area contributed by atoms with Crippen molar-refractivity contribution in [1.29, 1.82) is 0 Å². The number of allylic oxidation sites excluding steroid dienone is 2. The molecule has 2 heteroatoms. The molecule has 1 N–H and O–H groups in total. The van der Waals surface area contributed by atoms with Crippen molar-refractivity contribution in [2.24, 2.45) is 33.2 Å². The van der Waals surface area contributed by atoms with Crippen LogP contribution in [0.3, 0.4) is 0 Å². The highest BCUT2D eigenvalue weighted by Gasteiger charge is 2.38. The zero-order valence-corrected chi connectivity index (χ0v) is 18.3. The van der Waals surface area contributed by atoms with Crippen LogP contribution in [0.2, 0.25) is 0 Å². The highest BCUT2D eigenvalue weighted by Crippen LogP contribution is 2.43. The van der Waals surface area contributed by atoms with E-state index in [1.54, 1.807) is 5.57 Å². The number of rotatable bonds is 1. The van der Waals surface area contributed by atoms with Gasteiger partial charge < -0.3 is 0 Å². The van der Waals surface area contributed by atoms with Crippen molar-refractivity contribution in [3.8, 4) is 0 Å². The van der Waals surface area contributed by atoms with Gasteiger partial charge in [0.15, 0.2) is 0 Å². The number of nitrogens with zero attached hydrogens (tertiary/aromatic N) is 1. The quantitative estimate of drug-likeness (QED) is 0.547. The molecule has 0 bridgehead atoms. The van der Waals surface area contributed by atoms with Crippen LogP contribution in [0.5, 0.6) is 0 Å². The summed E-state index contributed by atoms with van der Waals surface area (Å²) in [5, 5.41) is 4.89. The van der Waals surface area contributed by atoms with Crippen LogP contribution in [0.1, 0.15) is 101 Å². The van der Waals surface area contributed by atoms with E-state index in [9.17, 15) is 0 Å². The fourth-order valence-electron chi connectivity index (χ4n) is 4.74. The van der Waals surface area contributed by atoms with E-state index in [1.165, 1.54) is 49.9 Å². The van der Waals surface area contributed by atoms with Gasteiger partial charge in [0.25, 0.3) is 0 Å². The van der Waals surface area contributed by atoms with Crippen LogP contribution >= 0.6 is 0 Å². The molecule has 2 aliphatic rings. The van der Waals surface area contributed by atoms with Gasteiger partial charge >= 0.3 is 0 Å². The zero-order valence-electron chi connectivity index (χ0n) is 18.3. The normalized spacial score (nSPS) is 26.4. The molecular formula is C23H42N2. The molecule has 0 aromatic rings. The molecule has 1 heterocycles. The Morgan fingerprint density at radius 1 is 0.880 bits per heavy atom. The molecule has 0 saturated heterocycles. The predicted octanol–water partition coefficient (Wildman–Crippen LogP) is 6.92. The van der Waals surface area contributed by atoms with Crippen molar-refractivity contribution >= 4 is 5.71 Å². The van der Waals surface area contributed by atoms with Crippen molar-refractivity contribution in [3.63, 3.8) is 0 Å². The third-order valence-electron chi connectivity index (χ3n) is 5.71. The van der Waals surface area contributed by atoms with E-state index in [0.717, 1.165) is 5.92 Å². The lowest BCUT2D eigenvalue weighted by Gasteiger charge is -2.41. The van der Waals surface area contributed by atoms with Crippen LogP contribution in [0.25, 0.3) is 0 Å². The predicted molar refractivity (Wildman–Crippen MR) is 111 cm³/mol. The summed E-state index contributed by atoms with van der Waals surface area (Å²) in [5.74, 6) is 1.41. The molecule has 2 atom stereocenters. The standard InChI is InChI=1S/C23H42N2/c1-21(2,3)15-16-11-10-12-17-18(14-13-16)20(23(7,8)9)25-24-19(17)22(4,5)6/h16-17,25H,10-15H2,1-9H3. The maximum absolute atomic E-state index is 4.89. The van der Waals surface area contributed by atoms with Gasteiger partial charge in [0.2, 0.25) is 0 Å². The maximum atomic E-state index is 4.89. The molecule has 1 aliphatic heterocycles. The molecule has 0 radical (unpaired) electrons. The average Bonchev–Trinajstić information content (AvgIpc) is 2.38. The van der Waals surface area contributed by atoms with Crippen LogP contribution < -0.4 is 5.43 Å². The molecule has 0 spiro atoms. The minimum absolute atomic E-state index is 0.135. The Labute approximate surface area is 156 Å². The van der Waals surface area contributed by atoms with Crippen LogP contribution in [0, 0.1) is 28.1 Å². The molecule has 1 fully saturated rings. The van der Waals surface area contributed by atoms with Gasteiger partial charge in [-0.25, -0.2) is 0 Å². The summed E-state index contributed by atoms with van der Waals surface area (Å²) < 4.78 is 0. The average molecular weight is 347 g/mol. The molecule has 2 nitrogen and oxygen atoms in total. The lowest BCUT2D eigenvalue weighted by molar-refractivity contribution is 0.254. The third kappa shape index (κ3) is 5.34. The first-order valence-electron chi connectivity index (χ1n) is 10.4. The number of fused-ring (bicyclic) bond motifs is 1. The Bertz CT molecular complexity index is 532. The molecule has 144 valence electrons. The number of hydrogen-bond acceptors (Lipinski definition) is 2.